The van der Waals surface area contributed by atoms with Crippen LogP contribution in [0.2, 0.25) is 0 Å². The topological polar surface area (TPSA) is 99.1 Å². The van der Waals surface area contributed by atoms with E-state index in [1.807, 2.05) is 66.9 Å². The van der Waals surface area contributed by atoms with Crippen LogP contribution < -0.4 is 0 Å². The van der Waals surface area contributed by atoms with Crippen LogP contribution in [0.4, 0.5) is 0 Å². The first-order valence-electron chi connectivity index (χ1n) is 16.0. The Hall–Kier alpha value is -6.76. The Labute approximate surface area is 284 Å². The Morgan fingerprint density at radius 3 is 1.65 bits per heavy atom. The van der Waals surface area contributed by atoms with Crippen LogP contribution in [-0.2, 0) is 5.41 Å². The van der Waals surface area contributed by atoms with Gasteiger partial charge in [0.1, 0.15) is 0 Å². The fourth-order valence-electron chi connectivity index (χ4n) is 6.65. The minimum absolute atomic E-state index is 0.272. The molecule has 2 heterocycles. The summed E-state index contributed by atoms with van der Waals surface area (Å²) in [4.78, 5) is 19.3. The van der Waals surface area contributed by atoms with E-state index in [-0.39, 0.29) is 5.41 Å². The maximum absolute atomic E-state index is 9.59. The number of hydrogen-bond donors (Lipinski definition) is 0. The number of rotatable bonds is 5. The zero-order valence-corrected chi connectivity index (χ0v) is 26.9. The van der Waals surface area contributed by atoms with Gasteiger partial charge in [-0.2, -0.15) is 10.5 Å². The molecule has 7 aromatic rings. The van der Waals surface area contributed by atoms with Crippen molar-refractivity contribution in [1.82, 2.24) is 19.9 Å². The standard InChI is InChI=1S/C43H28N6/c1-43(2)38-19-28(25-45)12-16-36(38)37-17-15-31(23-39(37)43)33-20-34(32-9-6-18-46-26-32)22-35(21-33)42-48-40(29-7-4-3-5-8-29)47-41(49-42)30-13-10-27(24-44)11-14-30/h3-23,26H,1-2H3. The molecule has 0 radical (unpaired) electrons. The molecule has 0 spiro atoms. The first-order chi connectivity index (χ1) is 23.9. The zero-order chi connectivity index (χ0) is 33.5. The largest absolute Gasteiger partial charge is 0.264 e. The van der Waals surface area contributed by atoms with Gasteiger partial charge in [0.05, 0.1) is 23.3 Å². The quantitative estimate of drug-likeness (QED) is 0.188. The average molecular weight is 629 g/mol. The lowest BCUT2D eigenvalue weighted by molar-refractivity contribution is 0.660. The van der Waals surface area contributed by atoms with Gasteiger partial charge in [0, 0.05) is 40.1 Å². The summed E-state index contributed by atoms with van der Waals surface area (Å²) in [6.45, 7) is 4.45. The van der Waals surface area contributed by atoms with Gasteiger partial charge in [-0.1, -0.05) is 68.4 Å². The summed E-state index contributed by atoms with van der Waals surface area (Å²) in [5.74, 6) is 1.63. The van der Waals surface area contributed by atoms with Gasteiger partial charge in [-0.3, -0.25) is 4.98 Å². The molecule has 0 fully saturated rings. The fourth-order valence-corrected chi connectivity index (χ4v) is 6.65. The third kappa shape index (κ3) is 5.32. The Bertz CT molecular complexity index is 2470. The van der Waals surface area contributed by atoms with Crippen LogP contribution >= 0.6 is 0 Å². The van der Waals surface area contributed by atoms with Gasteiger partial charge in [-0.15, -0.1) is 0 Å². The molecule has 0 aliphatic heterocycles. The van der Waals surface area contributed by atoms with Gasteiger partial charge in [-0.25, -0.2) is 15.0 Å². The molecule has 1 aliphatic rings. The van der Waals surface area contributed by atoms with E-state index in [1.165, 1.54) is 16.7 Å². The molecular formula is C43H28N6. The highest BCUT2D eigenvalue weighted by atomic mass is 15.0. The highest BCUT2D eigenvalue weighted by Crippen LogP contribution is 2.50. The molecule has 8 rings (SSSR count). The van der Waals surface area contributed by atoms with Crippen LogP contribution in [0.1, 0.15) is 36.1 Å². The van der Waals surface area contributed by atoms with Gasteiger partial charge >= 0.3 is 0 Å². The first kappa shape index (κ1) is 29.6. The molecule has 5 aromatic carbocycles. The minimum atomic E-state index is -0.272. The highest BCUT2D eigenvalue weighted by molar-refractivity contribution is 5.86. The van der Waals surface area contributed by atoms with Crippen LogP contribution in [-0.4, -0.2) is 19.9 Å². The lowest BCUT2D eigenvalue weighted by Gasteiger charge is -2.22. The van der Waals surface area contributed by atoms with Gasteiger partial charge < -0.3 is 0 Å². The average Bonchev–Trinajstić information content (AvgIpc) is 3.39. The molecule has 6 nitrogen and oxygen atoms in total. The zero-order valence-electron chi connectivity index (χ0n) is 26.9. The van der Waals surface area contributed by atoms with Gasteiger partial charge in [-0.05, 0) is 106 Å². The second-order valence-corrected chi connectivity index (χ2v) is 12.7. The van der Waals surface area contributed by atoms with E-state index < -0.39 is 0 Å². The van der Waals surface area contributed by atoms with E-state index in [4.69, 9.17) is 15.0 Å². The number of aromatic nitrogens is 4. The summed E-state index contributed by atoms with van der Waals surface area (Å²) >= 11 is 0. The van der Waals surface area contributed by atoms with E-state index >= 15 is 0 Å². The number of nitriles is 2. The van der Waals surface area contributed by atoms with Gasteiger partial charge in [0.2, 0.25) is 0 Å². The summed E-state index contributed by atoms with van der Waals surface area (Å²) in [6.07, 6.45) is 3.64. The van der Waals surface area contributed by atoms with Crippen LogP contribution in [0, 0.1) is 22.7 Å². The van der Waals surface area contributed by atoms with Gasteiger partial charge in [0.25, 0.3) is 0 Å². The van der Waals surface area contributed by atoms with Crippen molar-refractivity contribution in [3.63, 3.8) is 0 Å². The summed E-state index contributed by atoms with van der Waals surface area (Å²) in [6, 6.07) is 44.7. The molecule has 0 saturated heterocycles. The minimum Gasteiger partial charge on any atom is -0.264 e. The van der Waals surface area contributed by atoms with Crippen molar-refractivity contribution >= 4 is 0 Å². The maximum atomic E-state index is 9.59. The van der Waals surface area contributed by atoms with Crippen LogP contribution in [0.3, 0.4) is 0 Å². The lowest BCUT2D eigenvalue weighted by atomic mass is 9.81. The third-order valence-corrected chi connectivity index (χ3v) is 9.26. The molecule has 0 unspecified atom stereocenters. The second-order valence-electron chi connectivity index (χ2n) is 12.7. The smallest absolute Gasteiger partial charge is 0.164 e. The Kier molecular flexibility index (Phi) is 7.13. The normalized spacial score (nSPS) is 12.4. The Balaban J connectivity index is 1.32. The third-order valence-electron chi connectivity index (χ3n) is 9.26. The van der Waals surface area contributed by atoms with Crippen molar-refractivity contribution in [2.45, 2.75) is 19.3 Å². The fraction of sp³-hybridized carbons (Fsp3) is 0.0698. The van der Waals surface area contributed by atoms with Gasteiger partial charge in [0.15, 0.2) is 17.5 Å². The van der Waals surface area contributed by atoms with E-state index in [1.54, 1.807) is 18.3 Å². The number of benzene rings is 5. The molecular weight excluding hydrogens is 601 g/mol. The van der Waals surface area contributed by atoms with E-state index in [0.29, 0.717) is 28.6 Å². The number of pyridine rings is 1. The second kappa shape index (κ2) is 11.8. The molecule has 49 heavy (non-hydrogen) atoms. The first-order valence-corrected chi connectivity index (χ1v) is 16.0. The van der Waals surface area contributed by atoms with E-state index in [9.17, 15) is 10.5 Å². The van der Waals surface area contributed by atoms with Crippen molar-refractivity contribution < 1.29 is 0 Å². The summed E-state index contributed by atoms with van der Waals surface area (Å²) in [7, 11) is 0. The number of fused-ring (bicyclic) bond motifs is 3. The van der Waals surface area contributed by atoms with Crippen LogP contribution in [0.5, 0.6) is 0 Å². The van der Waals surface area contributed by atoms with Crippen LogP contribution in [0.25, 0.3) is 67.5 Å². The highest BCUT2D eigenvalue weighted by Gasteiger charge is 2.35. The Morgan fingerprint density at radius 1 is 0.469 bits per heavy atom. The molecule has 2 aromatic heterocycles. The molecule has 0 atom stereocenters. The SMILES string of the molecule is CC1(C)c2cc(C#N)ccc2-c2ccc(-c3cc(-c4cccnc4)cc(-c4nc(-c5ccccc5)nc(-c5ccc(C#N)cc5)n4)c3)cc21. The van der Waals surface area contributed by atoms with Crippen molar-refractivity contribution in [1.29, 1.82) is 10.5 Å². The molecule has 0 bridgehead atoms. The molecule has 0 amide bonds. The molecule has 6 heteroatoms. The summed E-state index contributed by atoms with van der Waals surface area (Å²) < 4.78 is 0. The maximum Gasteiger partial charge on any atom is 0.164 e. The summed E-state index contributed by atoms with van der Waals surface area (Å²) in [5.41, 5.74) is 12.3. The monoisotopic (exact) mass is 628 g/mol. The molecule has 1 aliphatic carbocycles. The Morgan fingerprint density at radius 2 is 1.00 bits per heavy atom. The molecule has 0 N–H and O–H groups in total. The number of nitrogens with zero attached hydrogens (tertiary/aromatic N) is 6. The van der Waals surface area contributed by atoms with Crippen molar-refractivity contribution in [3.05, 3.63) is 156 Å². The van der Waals surface area contributed by atoms with Crippen molar-refractivity contribution in [2.75, 3.05) is 0 Å². The molecule has 0 saturated carbocycles. The van der Waals surface area contributed by atoms with Crippen molar-refractivity contribution in [2.24, 2.45) is 0 Å². The van der Waals surface area contributed by atoms with E-state index in [0.717, 1.165) is 44.5 Å². The predicted molar refractivity (Wildman–Crippen MR) is 192 cm³/mol. The number of hydrogen-bond acceptors (Lipinski definition) is 6. The molecule has 230 valence electrons. The van der Waals surface area contributed by atoms with Crippen molar-refractivity contribution in [3.8, 4) is 79.7 Å². The summed E-state index contributed by atoms with van der Waals surface area (Å²) in [5, 5.41) is 19.0. The van der Waals surface area contributed by atoms with E-state index in [2.05, 4.69) is 79.5 Å². The predicted octanol–water partition coefficient (Wildman–Crippen LogP) is 9.65. The lowest BCUT2D eigenvalue weighted by Crippen LogP contribution is -2.15. The van der Waals surface area contributed by atoms with Crippen LogP contribution in [0.15, 0.2) is 134 Å².